The number of rotatable bonds is 5. The van der Waals surface area contributed by atoms with E-state index in [1.165, 1.54) is 12.1 Å². The molecular formula is C14H17NO2. The fourth-order valence-electron chi connectivity index (χ4n) is 1.25. The number of benzene rings is 1. The summed E-state index contributed by atoms with van der Waals surface area (Å²) in [5.74, 6) is -0.0774. The monoisotopic (exact) mass is 231 g/mol. The van der Waals surface area contributed by atoms with Gasteiger partial charge in [0, 0.05) is 17.8 Å². The number of carbonyl (C=O) groups is 1. The third-order valence-electron chi connectivity index (χ3n) is 2.06. The van der Waals surface area contributed by atoms with Crippen LogP contribution in [0, 0.1) is 0 Å². The quantitative estimate of drug-likeness (QED) is 0.603. The highest BCUT2D eigenvalue weighted by molar-refractivity contribution is 5.99. The van der Waals surface area contributed by atoms with Gasteiger partial charge in [0.15, 0.2) is 0 Å². The van der Waals surface area contributed by atoms with Gasteiger partial charge in [0.1, 0.15) is 5.75 Å². The van der Waals surface area contributed by atoms with E-state index < -0.39 is 0 Å². The van der Waals surface area contributed by atoms with Gasteiger partial charge in [-0.05, 0) is 18.6 Å². The van der Waals surface area contributed by atoms with Gasteiger partial charge in [0.05, 0.1) is 0 Å². The van der Waals surface area contributed by atoms with E-state index in [1.807, 2.05) is 12.2 Å². The van der Waals surface area contributed by atoms with Crippen LogP contribution in [-0.2, 0) is 4.79 Å². The SMILES string of the molecule is CCC/C=C/C=C/C(=O)Nc1cccc(O)c1. The minimum absolute atomic E-state index is 0.134. The van der Waals surface area contributed by atoms with Crippen LogP contribution in [0.2, 0.25) is 0 Å². The van der Waals surface area contributed by atoms with E-state index in [-0.39, 0.29) is 11.7 Å². The average molecular weight is 231 g/mol. The number of allylic oxidation sites excluding steroid dienone is 3. The van der Waals surface area contributed by atoms with Gasteiger partial charge in [-0.25, -0.2) is 0 Å². The number of nitrogens with one attached hydrogen (secondary N) is 1. The van der Waals surface area contributed by atoms with Crippen molar-refractivity contribution in [3.05, 3.63) is 48.6 Å². The van der Waals surface area contributed by atoms with E-state index in [1.54, 1.807) is 24.3 Å². The molecule has 1 amide bonds. The lowest BCUT2D eigenvalue weighted by molar-refractivity contribution is -0.111. The van der Waals surface area contributed by atoms with Crippen LogP contribution in [0.5, 0.6) is 5.75 Å². The highest BCUT2D eigenvalue weighted by Crippen LogP contribution is 2.15. The van der Waals surface area contributed by atoms with Gasteiger partial charge >= 0.3 is 0 Å². The van der Waals surface area contributed by atoms with Gasteiger partial charge in [-0.2, -0.15) is 0 Å². The summed E-state index contributed by atoms with van der Waals surface area (Å²) >= 11 is 0. The predicted molar refractivity (Wildman–Crippen MR) is 69.9 cm³/mol. The van der Waals surface area contributed by atoms with Gasteiger partial charge in [-0.1, -0.05) is 37.6 Å². The summed E-state index contributed by atoms with van der Waals surface area (Å²) in [5, 5.41) is 11.9. The van der Waals surface area contributed by atoms with E-state index in [9.17, 15) is 9.90 Å². The van der Waals surface area contributed by atoms with E-state index >= 15 is 0 Å². The van der Waals surface area contributed by atoms with E-state index in [4.69, 9.17) is 0 Å². The molecule has 2 N–H and O–H groups in total. The molecule has 0 fully saturated rings. The Morgan fingerprint density at radius 2 is 2.24 bits per heavy atom. The molecule has 0 aliphatic carbocycles. The zero-order valence-corrected chi connectivity index (χ0v) is 9.89. The summed E-state index contributed by atoms with van der Waals surface area (Å²) in [7, 11) is 0. The lowest BCUT2D eigenvalue weighted by Crippen LogP contribution is -2.07. The van der Waals surface area contributed by atoms with Gasteiger partial charge < -0.3 is 10.4 Å². The van der Waals surface area contributed by atoms with Crippen molar-refractivity contribution >= 4 is 11.6 Å². The summed E-state index contributed by atoms with van der Waals surface area (Å²) in [4.78, 5) is 11.4. The number of hydrogen-bond acceptors (Lipinski definition) is 2. The van der Waals surface area contributed by atoms with Crippen molar-refractivity contribution in [1.82, 2.24) is 0 Å². The fraction of sp³-hybridized carbons (Fsp3) is 0.214. The normalized spacial score (nSPS) is 11.1. The number of unbranched alkanes of at least 4 members (excludes halogenated alkanes) is 1. The van der Waals surface area contributed by atoms with Crippen LogP contribution in [-0.4, -0.2) is 11.0 Å². The molecule has 3 nitrogen and oxygen atoms in total. The molecule has 0 spiro atoms. The zero-order valence-electron chi connectivity index (χ0n) is 9.89. The Balaban J connectivity index is 2.44. The number of anilines is 1. The first-order valence-electron chi connectivity index (χ1n) is 5.65. The van der Waals surface area contributed by atoms with Crippen molar-refractivity contribution in [2.45, 2.75) is 19.8 Å². The third-order valence-corrected chi connectivity index (χ3v) is 2.06. The second-order valence-corrected chi connectivity index (χ2v) is 3.62. The van der Waals surface area contributed by atoms with E-state index in [0.29, 0.717) is 5.69 Å². The second kappa shape index (κ2) is 7.28. The Labute approximate surface area is 101 Å². The van der Waals surface area contributed by atoms with E-state index in [2.05, 4.69) is 12.2 Å². The Kier molecular flexibility index (Phi) is 5.58. The maximum atomic E-state index is 11.4. The molecule has 17 heavy (non-hydrogen) atoms. The van der Waals surface area contributed by atoms with Crippen molar-refractivity contribution in [2.75, 3.05) is 5.32 Å². The lowest BCUT2D eigenvalue weighted by atomic mass is 10.3. The fourth-order valence-corrected chi connectivity index (χ4v) is 1.25. The zero-order chi connectivity index (χ0) is 12.5. The van der Waals surface area contributed by atoms with Gasteiger partial charge in [-0.3, -0.25) is 4.79 Å². The van der Waals surface area contributed by atoms with Crippen LogP contribution in [0.1, 0.15) is 19.8 Å². The van der Waals surface area contributed by atoms with Crippen LogP contribution in [0.15, 0.2) is 48.6 Å². The van der Waals surface area contributed by atoms with Crippen LogP contribution >= 0.6 is 0 Å². The third kappa shape index (κ3) is 5.56. The molecule has 1 rings (SSSR count). The molecule has 0 aliphatic rings. The predicted octanol–water partition coefficient (Wildman–Crippen LogP) is 3.24. The molecule has 0 saturated carbocycles. The molecule has 0 aliphatic heterocycles. The first-order chi connectivity index (χ1) is 8.22. The lowest BCUT2D eigenvalue weighted by Gasteiger charge is -2.01. The Bertz CT molecular complexity index is 422. The Morgan fingerprint density at radius 3 is 2.94 bits per heavy atom. The molecule has 1 aromatic carbocycles. The van der Waals surface area contributed by atoms with Crippen LogP contribution in [0.4, 0.5) is 5.69 Å². The smallest absolute Gasteiger partial charge is 0.248 e. The van der Waals surface area contributed by atoms with Gasteiger partial charge in [0.25, 0.3) is 0 Å². The van der Waals surface area contributed by atoms with Crippen LogP contribution in [0.3, 0.4) is 0 Å². The summed E-state index contributed by atoms with van der Waals surface area (Å²) in [6, 6.07) is 6.45. The van der Waals surface area contributed by atoms with Crippen LogP contribution < -0.4 is 5.32 Å². The first kappa shape index (κ1) is 13.0. The first-order valence-corrected chi connectivity index (χ1v) is 5.65. The second-order valence-electron chi connectivity index (χ2n) is 3.62. The summed E-state index contributed by atoms with van der Waals surface area (Å²) in [6.07, 6.45) is 9.13. The number of aromatic hydroxyl groups is 1. The molecule has 0 unspecified atom stereocenters. The minimum Gasteiger partial charge on any atom is -0.508 e. The van der Waals surface area contributed by atoms with Gasteiger partial charge in [-0.15, -0.1) is 0 Å². The highest BCUT2D eigenvalue weighted by Gasteiger charge is 1.97. The highest BCUT2D eigenvalue weighted by atomic mass is 16.3. The van der Waals surface area contributed by atoms with Gasteiger partial charge in [0.2, 0.25) is 5.91 Å². The molecular weight excluding hydrogens is 214 g/mol. The molecule has 0 saturated heterocycles. The molecule has 1 aromatic rings. The number of phenols is 1. The van der Waals surface area contributed by atoms with Crippen molar-refractivity contribution in [2.24, 2.45) is 0 Å². The maximum absolute atomic E-state index is 11.4. The molecule has 0 bridgehead atoms. The molecule has 0 atom stereocenters. The largest absolute Gasteiger partial charge is 0.508 e. The number of amides is 1. The summed E-state index contributed by atoms with van der Waals surface area (Å²) in [5.41, 5.74) is 0.581. The molecule has 0 heterocycles. The standard InChI is InChI=1S/C14H17NO2/c1-2-3-4-5-6-10-14(17)15-12-8-7-9-13(16)11-12/h4-11,16H,2-3H2,1H3,(H,15,17)/b5-4+,10-6+. The van der Waals surface area contributed by atoms with Crippen molar-refractivity contribution in [3.8, 4) is 5.75 Å². The van der Waals surface area contributed by atoms with Crippen molar-refractivity contribution < 1.29 is 9.90 Å². The van der Waals surface area contributed by atoms with Crippen LogP contribution in [0.25, 0.3) is 0 Å². The molecule has 3 heteroatoms. The van der Waals surface area contributed by atoms with E-state index in [0.717, 1.165) is 12.8 Å². The summed E-state index contributed by atoms with van der Waals surface area (Å²) < 4.78 is 0. The minimum atomic E-state index is -0.211. The Morgan fingerprint density at radius 1 is 1.41 bits per heavy atom. The topological polar surface area (TPSA) is 49.3 Å². The maximum Gasteiger partial charge on any atom is 0.248 e. The molecule has 0 aromatic heterocycles. The number of carbonyl (C=O) groups excluding carboxylic acids is 1. The summed E-state index contributed by atoms with van der Waals surface area (Å²) in [6.45, 7) is 2.10. The Hall–Kier alpha value is -2.03. The average Bonchev–Trinajstić information content (AvgIpc) is 2.29. The van der Waals surface area contributed by atoms with Crippen molar-refractivity contribution in [1.29, 1.82) is 0 Å². The van der Waals surface area contributed by atoms with Crippen molar-refractivity contribution in [3.63, 3.8) is 0 Å². The molecule has 0 radical (unpaired) electrons. The number of hydrogen-bond donors (Lipinski definition) is 2. The molecule has 90 valence electrons. The number of phenolic OH excluding ortho intramolecular Hbond substituents is 1.